The van der Waals surface area contributed by atoms with Gasteiger partial charge < -0.3 is 20.8 Å². The molecular formula is C18H28N2O4. The summed E-state index contributed by atoms with van der Waals surface area (Å²) in [5, 5.41) is 23.7. The van der Waals surface area contributed by atoms with Crippen LogP contribution in [0.1, 0.15) is 38.7 Å². The predicted octanol–water partition coefficient (Wildman–Crippen LogP) is 2.17. The molecule has 0 aliphatic heterocycles. The minimum atomic E-state index is -0.879. The van der Waals surface area contributed by atoms with Crippen molar-refractivity contribution in [3.05, 3.63) is 35.9 Å². The van der Waals surface area contributed by atoms with Crippen LogP contribution in [0.25, 0.3) is 0 Å². The molecule has 0 saturated heterocycles. The Morgan fingerprint density at radius 1 is 1.08 bits per heavy atom. The van der Waals surface area contributed by atoms with Gasteiger partial charge in [-0.3, -0.25) is 4.79 Å². The summed E-state index contributed by atoms with van der Waals surface area (Å²) in [6.07, 6.45) is 1.43. The summed E-state index contributed by atoms with van der Waals surface area (Å²) < 4.78 is 0. The maximum Gasteiger partial charge on any atom is 0.315 e. The third-order valence-electron chi connectivity index (χ3n) is 3.93. The summed E-state index contributed by atoms with van der Waals surface area (Å²) in [6, 6.07) is 8.95. The lowest BCUT2D eigenvalue weighted by atomic mass is 10.0. The van der Waals surface area contributed by atoms with E-state index in [1.165, 1.54) is 0 Å². The van der Waals surface area contributed by atoms with Gasteiger partial charge in [0.1, 0.15) is 0 Å². The number of aliphatic hydroxyl groups is 1. The lowest BCUT2D eigenvalue weighted by molar-refractivity contribution is -0.137. The van der Waals surface area contributed by atoms with Crippen LogP contribution in [0.15, 0.2) is 30.3 Å². The summed E-state index contributed by atoms with van der Waals surface area (Å²) in [5.74, 6) is -0.676. The van der Waals surface area contributed by atoms with Gasteiger partial charge in [0.25, 0.3) is 0 Å². The van der Waals surface area contributed by atoms with Gasteiger partial charge in [0.05, 0.1) is 0 Å². The number of hydrogen-bond donors (Lipinski definition) is 4. The van der Waals surface area contributed by atoms with E-state index >= 15 is 0 Å². The zero-order valence-electron chi connectivity index (χ0n) is 14.4. The van der Waals surface area contributed by atoms with Gasteiger partial charge in [-0.25, -0.2) is 4.79 Å². The molecule has 1 rings (SSSR count). The van der Waals surface area contributed by atoms with E-state index in [0.717, 1.165) is 5.56 Å². The van der Waals surface area contributed by atoms with Crippen molar-refractivity contribution in [2.24, 2.45) is 5.92 Å². The van der Waals surface area contributed by atoms with Crippen LogP contribution in [0.3, 0.4) is 0 Å². The summed E-state index contributed by atoms with van der Waals surface area (Å²) in [4.78, 5) is 23.1. The number of aliphatic hydroxyl groups excluding tert-OH is 1. The molecule has 0 fully saturated rings. The molecule has 0 bridgehead atoms. The monoisotopic (exact) mass is 336 g/mol. The van der Waals surface area contributed by atoms with Gasteiger partial charge in [-0.05, 0) is 30.7 Å². The fourth-order valence-electron chi connectivity index (χ4n) is 2.53. The third kappa shape index (κ3) is 7.97. The highest BCUT2D eigenvalue weighted by molar-refractivity contribution is 5.74. The number of urea groups is 1. The molecule has 2 unspecified atom stereocenters. The van der Waals surface area contributed by atoms with Crippen LogP contribution >= 0.6 is 0 Å². The van der Waals surface area contributed by atoms with E-state index < -0.39 is 5.97 Å². The fraction of sp³-hybridized carbons (Fsp3) is 0.556. The van der Waals surface area contributed by atoms with Gasteiger partial charge >= 0.3 is 12.0 Å². The Kier molecular flexibility index (Phi) is 8.86. The van der Waals surface area contributed by atoms with E-state index in [1.807, 2.05) is 44.2 Å². The second-order valence-electron chi connectivity index (χ2n) is 6.30. The van der Waals surface area contributed by atoms with E-state index in [-0.39, 0.29) is 37.1 Å². The number of amides is 2. The summed E-state index contributed by atoms with van der Waals surface area (Å²) in [5.41, 5.74) is 1.05. The first kappa shape index (κ1) is 20.0. The molecule has 6 heteroatoms. The van der Waals surface area contributed by atoms with E-state index in [0.29, 0.717) is 19.3 Å². The number of carboxylic acids is 1. The highest BCUT2D eigenvalue weighted by Gasteiger charge is 2.19. The molecule has 24 heavy (non-hydrogen) atoms. The van der Waals surface area contributed by atoms with Crippen LogP contribution in [0, 0.1) is 5.92 Å². The standard InChI is InChI=1S/C18H28N2O4/c1-13(2)16(10-11-21)20-18(24)19-15(8-9-17(22)23)12-14-6-4-3-5-7-14/h3-7,13,15-16,21H,8-12H2,1-2H3,(H,22,23)(H2,19,20,24). The average Bonchev–Trinajstić information content (AvgIpc) is 2.53. The first-order valence-electron chi connectivity index (χ1n) is 8.36. The second kappa shape index (κ2) is 10.6. The van der Waals surface area contributed by atoms with Crippen molar-refractivity contribution in [1.29, 1.82) is 0 Å². The third-order valence-corrected chi connectivity index (χ3v) is 3.93. The highest BCUT2D eigenvalue weighted by Crippen LogP contribution is 2.09. The number of benzene rings is 1. The Morgan fingerprint density at radius 2 is 1.75 bits per heavy atom. The molecule has 0 aliphatic carbocycles. The maximum atomic E-state index is 12.2. The van der Waals surface area contributed by atoms with Crippen molar-refractivity contribution in [2.45, 2.75) is 51.6 Å². The molecule has 2 amide bonds. The van der Waals surface area contributed by atoms with Gasteiger partial charge in [-0.2, -0.15) is 0 Å². The number of nitrogens with one attached hydrogen (secondary N) is 2. The van der Waals surface area contributed by atoms with Crippen LogP contribution in [-0.2, 0) is 11.2 Å². The molecule has 6 nitrogen and oxygen atoms in total. The van der Waals surface area contributed by atoms with Gasteiger partial charge in [0.2, 0.25) is 0 Å². The number of aliphatic carboxylic acids is 1. The SMILES string of the molecule is CC(C)C(CCO)NC(=O)NC(CCC(=O)O)Cc1ccccc1. The molecule has 1 aromatic rings. The second-order valence-corrected chi connectivity index (χ2v) is 6.30. The van der Waals surface area contributed by atoms with Crippen molar-refractivity contribution in [2.75, 3.05) is 6.61 Å². The van der Waals surface area contributed by atoms with Crippen molar-refractivity contribution in [3.63, 3.8) is 0 Å². The zero-order chi connectivity index (χ0) is 17.9. The number of carboxylic acid groups (broad SMARTS) is 1. The van der Waals surface area contributed by atoms with Crippen LogP contribution < -0.4 is 10.6 Å². The Hall–Kier alpha value is -2.08. The van der Waals surface area contributed by atoms with Gasteiger partial charge in [0, 0.05) is 25.1 Å². The number of rotatable bonds is 10. The molecular weight excluding hydrogens is 308 g/mol. The summed E-state index contributed by atoms with van der Waals surface area (Å²) in [6.45, 7) is 3.97. The molecule has 0 aliphatic rings. The smallest absolute Gasteiger partial charge is 0.315 e. The number of carbonyl (C=O) groups is 2. The van der Waals surface area contributed by atoms with E-state index in [2.05, 4.69) is 10.6 Å². The molecule has 0 saturated carbocycles. The van der Waals surface area contributed by atoms with Crippen molar-refractivity contribution in [1.82, 2.24) is 10.6 Å². The Balaban J connectivity index is 2.65. The van der Waals surface area contributed by atoms with Crippen molar-refractivity contribution >= 4 is 12.0 Å². The van der Waals surface area contributed by atoms with E-state index in [9.17, 15) is 9.59 Å². The van der Waals surface area contributed by atoms with Crippen LogP contribution in [0.2, 0.25) is 0 Å². The van der Waals surface area contributed by atoms with Crippen LogP contribution in [-0.4, -0.2) is 40.9 Å². The molecule has 0 spiro atoms. The Bertz CT molecular complexity index is 505. The summed E-state index contributed by atoms with van der Waals surface area (Å²) in [7, 11) is 0. The maximum absolute atomic E-state index is 12.2. The molecule has 1 aromatic carbocycles. The highest BCUT2D eigenvalue weighted by atomic mass is 16.4. The lowest BCUT2D eigenvalue weighted by Crippen LogP contribution is -2.48. The van der Waals surface area contributed by atoms with Crippen LogP contribution in [0.4, 0.5) is 4.79 Å². The normalized spacial score (nSPS) is 13.3. The fourth-order valence-corrected chi connectivity index (χ4v) is 2.53. The molecule has 4 N–H and O–H groups in total. The van der Waals surface area contributed by atoms with Gasteiger partial charge in [0.15, 0.2) is 0 Å². The van der Waals surface area contributed by atoms with Crippen LogP contribution in [0.5, 0.6) is 0 Å². The molecule has 2 atom stereocenters. The topological polar surface area (TPSA) is 98.7 Å². The predicted molar refractivity (Wildman–Crippen MR) is 92.8 cm³/mol. The Morgan fingerprint density at radius 3 is 2.29 bits per heavy atom. The molecule has 0 radical (unpaired) electrons. The molecule has 134 valence electrons. The first-order chi connectivity index (χ1) is 11.4. The largest absolute Gasteiger partial charge is 0.481 e. The number of hydrogen-bond acceptors (Lipinski definition) is 3. The minimum Gasteiger partial charge on any atom is -0.481 e. The number of carbonyl (C=O) groups excluding carboxylic acids is 1. The van der Waals surface area contributed by atoms with E-state index in [4.69, 9.17) is 10.2 Å². The molecule has 0 heterocycles. The summed E-state index contributed by atoms with van der Waals surface area (Å²) >= 11 is 0. The van der Waals surface area contributed by atoms with E-state index in [1.54, 1.807) is 0 Å². The first-order valence-corrected chi connectivity index (χ1v) is 8.36. The van der Waals surface area contributed by atoms with Gasteiger partial charge in [-0.15, -0.1) is 0 Å². The minimum absolute atomic E-state index is 0.00201. The Labute approximate surface area is 143 Å². The van der Waals surface area contributed by atoms with Gasteiger partial charge in [-0.1, -0.05) is 44.2 Å². The zero-order valence-corrected chi connectivity index (χ0v) is 14.4. The average molecular weight is 336 g/mol. The lowest BCUT2D eigenvalue weighted by Gasteiger charge is -2.24. The molecule has 0 aromatic heterocycles. The quantitative estimate of drug-likeness (QED) is 0.526. The van der Waals surface area contributed by atoms with Crippen molar-refractivity contribution < 1.29 is 19.8 Å². The van der Waals surface area contributed by atoms with Crippen molar-refractivity contribution in [3.8, 4) is 0 Å².